The van der Waals surface area contributed by atoms with E-state index >= 15 is 0 Å². The van der Waals surface area contributed by atoms with E-state index in [0.29, 0.717) is 18.1 Å². The number of aromatic nitrogens is 2. The second kappa shape index (κ2) is 11.0. The van der Waals surface area contributed by atoms with Crippen molar-refractivity contribution in [3.05, 3.63) is 112 Å². The van der Waals surface area contributed by atoms with Crippen LogP contribution in [0.15, 0.2) is 72.9 Å². The van der Waals surface area contributed by atoms with Gasteiger partial charge in [-0.1, -0.05) is 30.3 Å². The molecule has 0 radical (unpaired) electrons. The molecule has 0 aliphatic carbocycles. The monoisotopic (exact) mass is 537 g/mol. The molecule has 2 aromatic heterocycles. The smallest absolute Gasteiger partial charge is 0.226 e. The van der Waals surface area contributed by atoms with E-state index in [-0.39, 0.29) is 18.0 Å². The van der Waals surface area contributed by atoms with Crippen LogP contribution in [0.1, 0.15) is 57.8 Å². The Balaban J connectivity index is 1.49. The summed E-state index contributed by atoms with van der Waals surface area (Å²) in [5.74, 6) is -0.0344. The molecule has 2 atom stereocenters. The minimum Gasteiger partial charge on any atom is -0.352 e. The van der Waals surface area contributed by atoms with E-state index in [1.54, 1.807) is 0 Å². The van der Waals surface area contributed by atoms with Gasteiger partial charge in [-0.25, -0.2) is 0 Å². The molecule has 2 N–H and O–H groups in total. The molecule has 1 saturated heterocycles. The van der Waals surface area contributed by atoms with Crippen molar-refractivity contribution in [2.24, 2.45) is 0 Å². The molecular formula is C32H35N5OS. The van der Waals surface area contributed by atoms with Gasteiger partial charge in [0.2, 0.25) is 5.91 Å². The van der Waals surface area contributed by atoms with Crippen LogP contribution in [0.5, 0.6) is 0 Å². The van der Waals surface area contributed by atoms with Gasteiger partial charge >= 0.3 is 0 Å². The Morgan fingerprint density at radius 3 is 2.38 bits per heavy atom. The molecule has 0 saturated carbocycles. The SMILES string of the molecule is Cc1cc(C)cc(-n2c(C)cc([C@H]3[C@H](c4ccccn4)NC(=S)N3CCC(=O)Nc3ccccc3C)c2C)c1. The first-order valence-corrected chi connectivity index (χ1v) is 13.7. The summed E-state index contributed by atoms with van der Waals surface area (Å²) in [5, 5.41) is 7.21. The highest BCUT2D eigenvalue weighted by atomic mass is 32.1. The van der Waals surface area contributed by atoms with Crippen LogP contribution in [-0.2, 0) is 4.79 Å². The van der Waals surface area contributed by atoms with Crippen LogP contribution in [0.4, 0.5) is 5.69 Å². The average molecular weight is 538 g/mol. The Bertz CT molecular complexity index is 1510. The Morgan fingerprint density at radius 1 is 0.974 bits per heavy atom. The molecule has 2 aromatic carbocycles. The summed E-state index contributed by atoms with van der Waals surface area (Å²) in [6, 6.07) is 22.4. The molecule has 0 bridgehead atoms. The molecule has 6 nitrogen and oxygen atoms in total. The van der Waals surface area contributed by atoms with Gasteiger partial charge in [0.1, 0.15) is 0 Å². The van der Waals surface area contributed by atoms with Crippen molar-refractivity contribution in [3.63, 3.8) is 0 Å². The van der Waals surface area contributed by atoms with Gasteiger partial charge in [-0.3, -0.25) is 9.78 Å². The van der Waals surface area contributed by atoms with Crippen molar-refractivity contribution in [3.8, 4) is 5.69 Å². The Hall–Kier alpha value is -3.97. The van der Waals surface area contributed by atoms with Crippen LogP contribution in [-0.4, -0.2) is 32.0 Å². The number of pyridine rings is 1. The fourth-order valence-electron chi connectivity index (χ4n) is 5.70. The van der Waals surface area contributed by atoms with E-state index in [4.69, 9.17) is 12.2 Å². The highest BCUT2D eigenvalue weighted by molar-refractivity contribution is 7.80. The van der Waals surface area contributed by atoms with E-state index in [1.165, 1.54) is 16.7 Å². The number of rotatable bonds is 7. The van der Waals surface area contributed by atoms with Crippen LogP contribution in [0.25, 0.3) is 5.69 Å². The summed E-state index contributed by atoms with van der Waals surface area (Å²) >= 11 is 5.86. The minimum absolute atomic E-state index is 0.0344. The number of aryl methyl sites for hydroxylation is 4. The Labute approximate surface area is 236 Å². The van der Waals surface area contributed by atoms with E-state index in [0.717, 1.165) is 34.0 Å². The third-order valence-corrected chi connectivity index (χ3v) is 7.80. The van der Waals surface area contributed by atoms with E-state index in [1.807, 2.05) is 55.6 Å². The van der Waals surface area contributed by atoms with E-state index < -0.39 is 0 Å². The van der Waals surface area contributed by atoms with Gasteiger partial charge in [0.25, 0.3) is 0 Å². The number of thiocarbonyl (C=S) groups is 1. The van der Waals surface area contributed by atoms with Crippen LogP contribution in [0.2, 0.25) is 0 Å². The lowest BCUT2D eigenvalue weighted by molar-refractivity contribution is -0.116. The van der Waals surface area contributed by atoms with Crippen molar-refractivity contribution < 1.29 is 4.79 Å². The largest absolute Gasteiger partial charge is 0.352 e. The number of nitrogens with one attached hydrogen (secondary N) is 2. The maximum absolute atomic E-state index is 13.0. The molecule has 1 aliphatic rings. The van der Waals surface area contributed by atoms with Crippen LogP contribution in [0, 0.1) is 34.6 Å². The molecule has 39 heavy (non-hydrogen) atoms. The van der Waals surface area contributed by atoms with Gasteiger partial charge < -0.3 is 20.1 Å². The first-order chi connectivity index (χ1) is 18.7. The maximum atomic E-state index is 13.0. The third kappa shape index (κ3) is 5.45. The number of para-hydroxylation sites is 1. The van der Waals surface area contributed by atoms with E-state index in [2.05, 4.69) is 77.0 Å². The maximum Gasteiger partial charge on any atom is 0.226 e. The predicted molar refractivity (Wildman–Crippen MR) is 161 cm³/mol. The number of nitrogens with zero attached hydrogens (tertiary/aromatic N) is 3. The van der Waals surface area contributed by atoms with Crippen LogP contribution < -0.4 is 10.6 Å². The molecule has 7 heteroatoms. The number of hydrogen-bond donors (Lipinski definition) is 2. The minimum atomic E-state index is -0.133. The standard InChI is InChI=1S/C32H35N5OS/c1-20-16-21(2)18-25(17-20)37-23(4)19-26(24(37)5)31-30(28-12-8-9-14-33-28)35-32(39)36(31)15-13-29(38)34-27-11-7-6-10-22(27)3/h6-12,14,16-19,30-31H,13,15H2,1-5H3,(H,34,38)(H,35,39)/t30-,31-/m0/s1. The topological polar surface area (TPSA) is 62.2 Å². The molecule has 200 valence electrons. The number of carbonyl (C=O) groups excluding carboxylic acids is 1. The summed E-state index contributed by atoms with van der Waals surface area (Å²) in [5.41, 5.74) is 9.90. The number of amides is 1. The number of anilines is 1. The molecule has 1 amide bonds. The van der Waals surface area contributed by atoms with Gasteiger partial charge in [0.15, 0.2) is 5.11 Å². The van der Waals surface area contributed by atoms with Gasteiger partial charge in [0.05, 0.1) is 17.8 Å². The predicted octanol–water partition coefficient (Wildman–Crippen LogP) is 6.42. The number of benzene rings is 2. The summed E-state index contributed by atoms with van der Waals surface area (Å²) < 4.78 is 2.31. The average Bonchev–Trinajstić information content (AvgIpc) is 3.38. The van der Waals surface area contributed by atoms with E-state index in [9.17, 15) is 4.79 Å². The molecule has 5 rings (SSSR count). The number of hydrogen-bond acceptors (Lipinski definition) is 3. The first-order valence-electron chi connectivity index (χ1n) is 13.3. The second-order valence-corrected chi connectivity index (χ2v) is 10.8. The quantitative estimate of drug-likeness (QED) is 0.267. The van der Waals surface area contributed by atoms with Crippen LogP contribution in [0.3, 0.4) is 0 Å². The number of carbonyl (C=O) groups is 1. The first kappa shape index (κ1) is 26.6. The lowest BCUT2D eigenvalue weighted by Gasteiger charge is -2.28. The molecule has 3 heterocycles. The van der Waals surface area contributed by atoms with Crippen molar-refractivity contribution >= 4 is 28.9 Å². The molecule has 0 unspecified atom stereocenters. The Kier molecular flexibility index (Phi) is 7.53. The second-order valence-electron chi connectivity index (χ2n) is 10.4. The van der Waals surface area contributed by atoms with Crippen molar-refractivity contribution in [2.45, 2.75) is 53.1 Å². The van der Waals surface area contributed by atoms with Crippen molar-refractivity contribution in [2.75, 3.05) is 11.9 Å². The summed E-state index contributed by atoms with van der Waals surface area (Å²) in [6.07, 6.45) is 2.13. The van der Waals surface area contributed by atoms with Gasteiger partial charge in [0, 0.05) is 41.9 Å². The molecule has 1 aliphatic heterocycles. The van der Waals surface area contributed by atoms with Gasteiger partial charge in [-0.05, 0) is 105 Å². The molecule has 0 spiro atoms. The zero-order valence-corrected chi connectivity index (χ0v) is 24.0. The lowest BCUT2D eigenvalue weighted by Crippen LogP contribution is -2.33. The Morgan fingerprint density at radius 2 is 1.69 bits per heavy atom. The van der Waals surface area contributed by atoms with Crippen molar-refractivity contribution in [1.29, 1.82) is 0 Å². The fourth-order valence-corrected chi connectivity index (χ4v) is 6.03. The molecule has 1 fully saturated rings. The molecular weight excluding hydrogens is 502 g/mol. The summed E-state index contributed by atoms with van der Waals surface area (Å²) in [6.45, 7) is 11.1. The molecule has 4 aromatic rings. The summed E-state index contributed by atoms with van der Waals surface area (Å²) in [7, 11) is 0. The van der Waals surface area contributed by atoms with Crippen molar-refractivity contribution in [1.82, 2.24) is 19.8 Å². The van der Waals surface area contributed by atoms with Gasteiger partial charge in [-0.2, -0.15) is 0 Å². The third-order valence-electron chi connectivity index (χ3n) is 7.45. The zero-order chi connectivity index (χ0) is 27.7. The summed E-state index contributed by atoms with van der Waals surface area (Å²) in [4.78, 5) is 19.8. The zero-order valence-electron chi connectivity index (χ0n) is 23.2. The fraction of sp³-hybridized carbons (Fsp3) is 0.281. The highest BCUT2D eigenvalue weighted by Gasteiger charge is 2.41. The van der Waals surface area contributed by atoms with Crippen LogP contribution >= 0.6 is 12.2 Å². The van der Waals surface area contributed by atoms with Gasteiger partial charge in [-0.15, -0.1) is 0 Å². The lowest BCUT2D eigenvalue weighted by atomic mass is 9.96. The highest BCUT2D eigenvalue weighted by Crippen LogP contribution is 2.41. The normalized spacial score (nSPS) is 16.8.